The average Bonchev–Trinajstić information content (AvgIpc) is 2.72. The Morgan fingerprint density at radius 2 is 1.79 bits per heavy atom. The van der Waals surface area contributed by atoms with E-state index < -0.39 is 0 Å². The van der Waals surface area contributed by atoms with Gasteiger partial charge in [0.05, 0.1) is 0 Å². The summed E-state index contributed by atoms with van der Waals surface area (Å²) in [5.74, 6) is 0.274. The fraction of sp³-hybridized carbons (Fsp3) is 0.312. The van der Waals surface area contributed by atoms with Gasteiger partial charge in [0, 0.05) is 33.1 Å². The van der Waals surface area contributed by atoms with Crippen molar-refractivity contribution in [2.75, 3.05) is 0 Å². The lowest BCUT2D eigenvalue weighted by atomic mass is 9.76. The third-order valence-corrected chi connectivity index (χ3v) is 4.40. The van der Waals surface area contributed by atoms with E-state index >= 15 is 0 Å². The van der Waals surface area contributed by atoms with Crippen molar-refractivity contribution in [2.24, 2.45) is 5.41 Å². The second-order valence-corrected chi connectivity index (χ2v) is 7.21. The van der Waals surface area contributed by atoms with Gasteiger partial charge >= 0.3 is 0 Å². The maximum atomic E-state index is 12.2. The number of Topliss-reactive ketones (excluding diaryl/α,β-unsaturated/α-hetero) is 1. The molecule has 0 unspecified atom stereocenters. The lowest BCUT2D eigenvalue weighted by Gasteiger charge is -2.29. The van der Waals surface area contributed by atoms with Crippen molar-refractivity contribution in [3.8, 4) is 5.69 Å². The van der Waals surface area contributed by atoms with E-state index in [0.717, 1.165) is 23.4 Å². The lowest BCUT2D eigenvalue weighted by Crippen LogP contribution is -2.27. The van der Waals surface area contributed by atoms with E-state index in [-0.39, 0.29) is 11.2 Å². The molecular formula is C16H16INO. The van der Waals surface area contributed by atoms with Crippen molar-refractivity contribution in [3.05, 3.63) is 51.4 Å². The number of carbonyl (C=O) groups is 1. The molecule has 2 aromatic rings. The number of hydrogen-bond acceptors (Lipinski definition) is 1. The van der Waals surface area contributed by atoms with E-state index in [1.54, 1.807) is 0 Å². The summed E-state index contributed by atoms with van der Waals surface area (Å²) in [5.41, 5.74) is 3.25. The molecule has 0 aliphatic heterocycles. The highest BCUT2D eigenvalue weighted by Crippen LogP contribution is 2.36. The second-order valence-electron chi connectivity index (χ2n) is 5.96. The summed E-state index contributed by atoms with van der Waals surface area (Å²) < 4.78 is 3.38. The minimum atomic E-state index is 0.0589. The Morgan fingerprint density at radius 1 is 1.11 bits per heavy atom. The van der Waals surface area contributed by atoms with Gasteiger partial charge < -0.3 is 4.57 Å². The highest BCUT2D eigenvalue weighted by atomic mass is 127. The van der Waals surface area contributed by atoms with Gasteiger partial charge in [0.1, 0.15) is 0 Å². The quantitative estimate of drug-likeness (QED) is 0.693. The fourth-order valence-electron chi connectivity index (χ4n) is 2.79. The first kappa shape index (κ1) is 12.9. The average molecular weight is 365 g/mol. The Kier molecular flexibility index (Phi) is 3.04. The SMILES string of the molecule is CC1(C)CC(=O)c2ccn(-c3ccc(I)cc3)c2C1. The van der Waals surface area contributed by atoms with Crippen molar-refractivity contribution in [3.63, 3.8) is 0 Å². The number of hydrogen-bond donors (Lipinski definition) is 0. The van der Waals surface area contributed by atoms with Crippen LogP contribution in [0.2, 0.25) is 0 Å². The summed E-state index contributed by atoms with van der Waals surface area (Å²) >= 11 is 2.30. The van der Waals surface area contributed by atoms with Crippen LogP contribution in [0.4, 0.5) is 0 Å². The van der Waals surface area contributed by atoms with Gasteiger partial charge in [-0.15, -0.1) is 0 Å². The third-order valence-electron chi connectivity index (χ3n) is 3.68. The predicted molar refractivity (Wildman–Crippen MR) is 84.9 cm³/mol. The fourth-order valence-corrected chi connectivity index (χ4v) is 3.15. The number of nitrogens with zero attached hydrogens (tertiary/aromatic N) is 1. The standard InChI is InChI=1S/C16H16INO/c1-16(2)9-14-13(15(19)10-16)7-8-18(14)12-5-3-11(17)4-6-12/h3-8H,9-10H2,1-2H3. The van der Waals surface area contributed by atoms with Crippen LogP contribution in [0.3, 0.4) is 0 Å². The molecule has 0 bridgehead atoms. The molecule has 3 heteroatoms. The summed E-state index contributed by atoms with van der Waals surface area (Å²) in [6.07, 6.45) is 3.62. The van der Waals surface area contributed by atoms with Crippen LogP contribution in [0.5, 0.6) is 0 Å². The number of halogens is 1. The second kappa shape index (κ2) is 4.47. The normalized spacial score (nSPS) is 17.3. The van der Waals surface area contributed by atoms with Gasteiger partial charge in [0.15, 0.2) is 5.78 Å². The Bertz CT molecular complexity index is 637. The van der Waals surface area contributed by atoms with E-state index in [9.17, 15) is 4.79 Å². The zero-order chi connectivity index (χ0) is 13.6. The highest BCUT2D eigenvalue weighted by molar-refractivity contribution is 14.1. The Hall–Kier alpha value is -1.10. The maximum absolute atomic E-state index is 12.2. The summed E-state index contributed by atoms with van der Waals surface area (Å²) in [7, 11) is 0. The number of carbonyl (C=O) groups excluding carboxylic acids is 1. The molecule has 3 rings (SSSR count). The van der Waals surface area contributed by atoms with Crippen LogP contribution in [0.25, 0.3) is 5.69 Å². The molecule has 0 fully saturated rings. The van der Waals surface area contributed by atoms with Gasteiger partial charge in [-0.2, -0.15) is 0 Å². The molecule has 0 saturated heterocycles. The van der Waals surface area contributed by atoms with Crippen LogP contribution in [-0.2, 0) is 6.42 Å². The van der Waals surface area contributed by atoms with E-state index in [1.807, 2.05) is 12.3 Å². The maximum Gasteiger partial charge on any atom is 0.165 e. The molecule has 1 aromatic carbocycles. The molecule has 0 amide bonds. The van der Waals surface area contributed by atoms with Crippen LogP contribution in [0.1, 0.15) is 36.3 Å². The molecule has 0 atom stereocenters. The highest BCUT2D eigenvalue weighted by Gasteiger charge is 2.33. The largest absolute Gasteiger partial charge is 0.320 e. The minimum Gasteiger partial charge on any atom is -0.320 e. The topological polar surface area (TPSA) is 22.0 Å². The van der Waals surface area contributed by atoms with Gasteiger partial charge in [0.2, 0.25) is 0 Å². The molecule has 2 nitrogen and oxygen atoms in total. The predicted octanol–water partition coefficient (Wildman–Crippen LogP) is 4.24. The number of rotatable bonds is 1. The van der Waals surface area contributed by atoms with Crippen LogP contribution in [0.15, 0.2) is 36.5 Å². The Morgan fingerprint density at radius 3 is 2.47 bits per heavy atom. The van der Waals surface area contributed by atoms with Crippen molar-refractivity contribution in [1.29, 1.82) is 0 Å². The molecule has 0 saturated carbocycles. The number of fused-ring (bicyclic) bond motifs is 1. The van der Waals surface area contributed by atoms with Crippen molar-refractivity contribution >= 4 is 28.4 Å². The first-order chi connectivity index (χ1) is 8.96. The van der Waals surface area contributed by atoms with Crippen LogP contribution in [-0.4, -0.2) is 10.4 Å². The summed E-state index contributed by atoms with van der Waals surface area (Å²) in [6.45, 7) is 4.33. The van der Waals surface area contributed by atoms with Gasteiger partial charge in [-0.3, -0.25) is 4.79 Å². The lowest BCUT2D eigenvalue weighted by molar-refractivity contribution is 0.0911. The molecule has 1 aliphatic rings. The van der Waals surface area contributed by atoms with E-state index in [0.29, 0.717) is 6.42 Å². The van der Waals surface area contributed by atoms with Crippen molar-refractivity contribution < 1.29 is 4.79 Å². The molecule has 0 radical (unpaired) electrons. The number of ketones is 1. The van der Waals surface area contributed by atoms with E-state index in [1.165, 1.54) is 3.57 Å². The minimum absolute atomic E-state index is 0.0589. The molecule has 0 spiro atoms. The zero-order valence-corrected chi connectivity index (χ0v) is 13.3. The smallest absolute Gasteiger partial charge is 0.165 e. The summed E-state index contributed by atoms with van der Waals surface area (Å²) in [4.78, 5) is 12.2. The van der Waals surface area contributed by atoms with E-state index in [4.69, 9.17) is 0 Å². The molecular weight excluding hydrogens is 349 g/mol. The van der Waals surface area contributed by atoms with Gasteiger partial charge in [-0.05, 0) is 64.8 Å². The molecule has 1 heterocycles. The first-order valence-electron chi connectivity index (χ1n) is 6.46. The zero-order valence-electron chi connectivity index (χ0n) is 11.1. The summed E-state index contributed by atoms with van der Waals surface area (Å²) in [5, 5.41) is 0. The van der Waals surface area contributed by atoms with Crippen molar-refractivity contribution in [2.45, 2.75) is 26.7 Å². The van der Waals surface area contributed by atoms with Gasteiger partial charge in [0.25, 0.3) is 0 Å². The summed E-state index contributed by atoms with van der Waals surface area (Å²) in [6, 6.07) is 10.4. The monoisotopic (exact) mass is 365 g/mol. The Labute approximate surface area is 127 Å². The Balaban J connectivity index is 2.11. The molecule has 19 heavy (non-hydrogen) atoms. The van der Waals surface area contributed by atoms with Gasteiger partial charge in [-0.1, -0.05) is 13.8 Å². The first-order valence-corrected chi connectivity index (χ1v) is 7.53. The molecule has 1 aliphatic carbocycles. The number of aromatic nitrogens is 1. The number of benzene rings is 1. The van der Waals surface area contributed by atoms with Crippen LogP contribution in [0, 0.1) is 8.99 Å². The third kappa shape index (κ3) is 2.36. The van der Waals surface area contributed by atoms with E-state index in [2.05, 4.69) is 65.3 Å². The van der Waals surface area contributed by atoms with Crippen molar-refractivity contribution in [1.82, 2.24) is 4.57 Å². The van der Waals surface area contributed by atoms with Crippen LogP contribution < -0.4 is 0 Å². The van der Waals surface area contributed by atoms with Crippen LogP contribution >= 0.6 is 22.6 Å². The molecule has 0 N–H and O–H groups in total. The van der Waals surface area contributed by atoms with Gasteiger partial charge in [-0.25, -0.2) is 0 Å². The molecule has 98 valence electrons. The molecule has 1 aromatic heterocycles.